The second-order valence-corrected chi connectivity index (χ2v) is 7.13. The van der Waals surface area contributed by atoms with Gasteiger partial charge in [0.15, 0.2) is 11.6 Å². The molecule has 0 radical (unpaired) electrons. The van der Waals surface area contributed by atoms with Crippen molar-refractivity contribution in [1.82, 2.24) is 4.90 Å². The van der Waals surface area contributed by atoms with Crippen molar-refractivity contribution in [3.05, 3.63) is 90.0 Å². The molecule has 1 aliphatic rings. The van der Waals surface area contributed by atoms with Crippen LogP contribution in [0.2, 0.25) is 0 Å². The molecule has 1 aliphatic heterocycles. The number of carbonyl (C=O) groups excluding carboxylic acids is 1. The molecule has 1 heterocycles. The molecule has 0 bridgehead atoms. The molecule has 1 saturated heterocycles. The number of hydrogen-bond donors (Lipinski definition) is 0. The zero-order valence-electron chi connectivity index (χ0n) is 16.3. The number of halogens is 2. The zero-order valence-corrected chi connectivity index (χ0v) is 16.3. The highest BCUT2D eigenvalue weighted by atomic mass is 19.1. The molecule has 0 saturated carbocycles. The Morgan fingerprint density at radius 3 is 2.33 bits per heavy atom. The number of ether oxygens (including phenoxy) is 2. The summed E-state index contributed by atoms with van der Waals surface area (Å²) in [6.07, 6.45) is 0.924. The van der Waals surface area contributed by atoms with Crippen molar-refractivity contribution in [2.45, 2.75) is 18.9 Å². The van der Waals surface area contributed by atoms with Gasteiger partial charge < -0.3 is 14.4 Å². The lowest BCUT2D eigenvalue weighted by Gasteiger charge is -2.32. The van der Waals surface area contributed by atoms with Crippen LogP contribution in [0.1, 0.15) is 23.2 Å². The van der Waals surface area contributed by atoms with Gasteiger partial charge >= 0.3 is 0 Å². The molecule has 0 unspecified atom stereocenters. The molecule has 4 rings (SSSR count). The van der Waals surface area contributed by atoms with Crippen LogP contribution in [-0.4, -0.2) is 30.0 Å². The van der Waals surface area contributed by atoms with Crippen LogP contribution in [0.5, 0.6) is 17.2 Å². The van der Waals surface area contributed by atoms with Gasteiger partial charge in [-0.05, 0) is 42.5 Å². The Kier molecular flexibility index (Phi) is 5.93. The quantitative estimate of drug-likeness (QED) is 0.563. The van der Waals surface area contributed by atoms with E-state index >= 15 is 0 Å². The van der Waals surface area contributed by atoms with E-state index in [4.69, 9.17) is 9.47 Å². The Labute approximate surface area is 173 Å². The van der Waals surface area contributed by atoms with Crippen molar-refractivity contribution in [2.75, 3.05) is 13.1 Å². The van der Waals surface area contributed by atoms with Crippen LogP contribution < -0.4 is 9.47 Å². The highest BCUT2D eigenvalue weighted by Crippen LogP contribution is 2.25. The van der Waals surface area contributed by atoms with E-state index in [0.29, 0.717) is 43.0 Å². The molecule has 0 atom stereocenters. The summed E-state index contributed by atoms with van der Waals surface area (Å²) in [5.74, 6) is -0.112. The van der Waals surface area contributed by atoms with Gasteiger partial charge in [-0.3, -0.25) is 4.79 Å². The first-order valence-electron chi connectivity index (χ1n) is 9.82. The van der Waals surface area contributed by atoms with Crippen molar-refractivity contribution in [1.29, 1.82) is 0 Å². The summed E-state index contributed by atoms with van der Waals surface area (Å²) in [5, 5.41) is 0. The maximum atomic E-state index is 13.8. The normalized spacial score (nSPS) is 14.4. The maximum Gasteiger partial charge on any atom is 0.253 e. The van der Waals surface area contributed by atoms with Crippen LogP contribution in [0.15, 0.2) is 72.8 Å². The van der Waals surface area contributed by atoms with E-state index in [-0.39, 0.29) is 17.8 Å². The molecule has 0 aliphatic carbocycles. The molecule has 3 aromatic carbocycles. The Bertz CT molecular complexity index is 1020. The van der Waals surface area contributed by atoms with E-state index in [0.717, 1.165) is 6.07 Å². The number of benzene rings is 3. The third-order valence-electron chi connectivity index (χ3n) is 4.98. The fourth-order valence-corrected chi connectivity index (χ4v) is 3.43. The summed E-state index contributed by atoms with van der Waals surface area (Å²) in [5.41, 5.74) is 0.548. The van der Waals surface area contributed by atoms with Gasteiger partial charge in [-0.15, -0.1) is 0 Å². The number of likely N-dealkylation sites (tertiary alicyclic amines) is 1. The van der Waals surface area contributed by atoms with Gasteiger partial charge in [-0.25, -0.2) is 8.78 Å². The van der Waals surface area contributed by atoms with E-state index in [1.54, 1.807) is 29.2 Å². The molecule has 0 spiro atoms. The Morgan fingerprint density at radius 2 is 1.60 bits per heavy atom. The topological polar surface area (TPSA) is 38.8 Å². The molecule has 0 aromatic heterocycles. The number of carbonyl (C=O) groups is 1. The number of amides is 1. The van der Waals surface area contributed by atoms with E-state index in [1.807, 2.05) is 30.3 Å². The summed E-state index contributed by atoms with van der Waals surface area (Å²) < 4.78 is 38.3. The molecular weight excluding hydrogens is 388 g/mol. The van der Waals surface area contributed by atoms with Gasteiger partial charge in [0.1, 0.15) is 23.4 Å². The van der Waals surface area contributed by atoms with Crippen molar-refractivity contribution in [2.24, 2.45) is 0 Å². The molecule has 1 amide bonds. The lowest BCUT2D eigenvalue weighted by atomic mass is 10.1. The molecule has 1 fully saturated rings. The first-order valence-corrected chi connectivity index (χ1v) is 9.82. The molecule has 6 heteroatoms. The predicted octanol–water partition coefficient (Wildman–Crippen LogP) is 5.44. The second kappa shape index (κ2) is 8.95. The monoisotopic (exact) mass is 409 g/mol. The minimum absolute atomic E-state index is 0.0342. The smallest absolute Gasteiger partial charge is 0.253 e. The van der Waals surface area contributed by atoms with Crippen LogP contribution >= 0.6 is 0 Å². The molecule has 154 valence electrons. The lowest BCUT2D eigenvalue weighted by Crippen LogP contribution is -2.41. The van der Waals surface area contributed by atoms with Crippen molar-refractivity contribution < 1.29 is 23.0 Å². The second-order valence-electron chi connectivity index (χ2n) is 7.13. The summed E-state index contributed by atoms with van der Waals surface area (Å²) in [6.45, 7) is 0.992. The van der Waals surface area contributed by atoms with Crippen molar-refractivity contribution in [3.63, 3.8) is 0 Å². The van der Waals surface area contributed by atoms with Crippen LogP contribution in [0, 0.1) is 11.6 Å². The Balaban J connectivity index is 1.35. The molecule has 4 nitrogen and oxygen atoms in total. The zero-order chi connectivity index (χ0) is 20.9. The average molecular weight is 409 g/mol. The summed E-state index contributed by atoms with van der Waals surface area (Å²) in [7, 11) is 0. The number of piperidine rings is 1. The Morgan fingerprint density at radius 1 is 0.867 bits per heavy atom. The Hall–Kier alpha value is -3.41. The predicted molar refractivity (Wildman–Crippen MR) is 109 cm³/mol. The highest BCUT2D eigenvalue weighted by molar-refractivity contribution is 5.94. The number of para-hydroxylation sites is 1. The van der Waals surface area contributed by atoms with Crippen LogP contribution in [0.4, 0.5) is 8.78 Å². The number of hydrogen-bond acceptors (Lipinski definition) is 3. The van der Waals surface area contributed by atoms with Gasteiger partial charge in [0, 0.05) is 37.6 Å². The molecular formula is C24H21F2NO3. The largest absolute Gasteiger partial charge is 0.487 e. The highest BCUT2D eigenvalue weighted by Gasteiger charge is 2.25. The van der Waals surface area contributed by atoms with Gasteiger partial charge in [0.2, 0.25) is 0 Å². The fourth-order valence-electron chi connectivity index (χ4n) is 3.43. The van der Waals surface area contributed by atoms with Crippen LogP contribution in [0.25, 0.3) is 0 Å². The molecule has 3 aromatic rings. The van der Waals surface area contributed by atoms with Gasteiger partial charge in [0.25, 0.3) is 5.91 Å². The van der Waals surface area contributed by atoms with Crippen LogP contribution in [-0.2, 0) is 0 Å². The summed E-state index contributed by atoms with van der Waals surface area (Å²) >= 11 is 0. The SMILES string of the molecule is O=C(c1cccc(Oc2ccccc2)c1)N1CCC(Oc2ccc(F)cc2F)CC1. The molecule has 30 heavy (non-hydrogen) atoms. The van der Waals surface area contributed by atoms with Crippen molar-refractivity contribution in [3.8, 4) is 17.2 Å². The third kappa shape index (κ3) is 4.76. The maximum absolute atomic E-state index is 13.8. The fraction of sp³-hybridized carbons (Fsp3) is 0.208. The van der Waals surface area contributed by atoms with Gasteiger partial charge in [0.05, 0.1) is 0 Å². The first-order chi connectivity index (χ1) is 14.6. The van der Waals surface area contributed by atoms with E-state index < -0.39 is 11.6 Å². The number of rotatable bonds is 5. The summed E-state index contributed by atoms with van der Waals surface area (Å²) in [6, 6.07) is 19.7. The van der Waals surface area contributed by atoms with E-state index in [9.17, 15) is 13.6 Å². The van der Waals surface area contributed by atoms with Gasteiger partial charge in [-0.2, -0.15) is 0 Å². The minimum atomic E-state index is -0.719. The average Bonchev–Trinajstić information content (AvgIpc) is 2.77. The first kappa shape index (κ1) is 19.9. The summed E-state index contributed by atoms with van der Waals surface area (Å²) in [4.78, 5) is 14.6. The van der Waals surface area contributed by atoms with Crippen LogP contribution in [0.3, 0.4) is 0 Å². The third-order valence-corrected chi connectivity index (χ3v) is 4.98. The lowest BCUT2D eigenvalue weighted by molar-refractivity contribution is 0.0588. The standard InChI is InChI=1S/C24H21F2NO3/c25-18-9-10-23(22(26)16-18)30-20-11-13-27(14-12-20)24(28)17-5-4-8-21(15-17)29-19-6-2-1-3-7-19/h1-10,15-16,20H,11-14H2. The minimum Gasteiger partial charge on any atom is -0.487 e. The van der Waals surface area contributed by atoms with Gasteiger partial charge in [-0.1, -0.05) is 24.3 Å². The molecule has 0 N–H and O–H groups in total. The van der Waals surface area contributed by atoms with E-state index in [1.165, 1.54) is 12.1 Å². The van der Waals surface area contributed by atoms with Crippen molar-refractivity contribution >= 4 is 5.91 Å². The van der Waals surface area contributed by atoms with E-state index in [2.05, 4.69) is 0 Å². The number of nitrogens with zero attached hydrogens (tertiary/aromatic N) is 1.